The minimum atomic E-state index is -0.394. The largest absolute Gasteiger partial charge is 0.320 e. The first-order chi connectivity index (χ1) is 10.1. The Morgan fingerprint density at radius 1 is 1.29 bits per heavy atom. The molecule has 1 aromatic carbocycles. The van der Waals surface area contributed by atoms with Gasteiger partial charge in [-0.25, -0.2) is 4.98 Å². The average molecular weight is 339 g/mol. The van der Waals surface area contributed by atoms with Crippen LogP contribution in [0.2, 0.25) is 10.2 Å². The van der Waals surface area contributed by atoms with E-state index in [9.17, 15) is 4.79 Å². The number of rotatable bonds is 5. The van der Waals surface area contributed by atoms with Crippen LogP contribution in [-0.4, -0.2) is 16.6 Å². The molecule has 0 aliphatic heterocycles. The van der Waals surface area contributed by atoms with Gasteiger partial charge in [0, 0.05) is 10.6 Å². The molecule has 0 saturated heterocycles. The van der Waals surface area contributed by atoms with E-state index in [0.717, 1.165) is 10.6 Å². The fraction of sp³-hybridized carbons (Fsp3) is 0.0667. The monoisotopic (exact) mass is 338 g/mol. The zero-order valence-corrected chi connectivity index (χ0v) is 13.3. The highest BCUT2D eigenvalue weighted by molar-refractivity contribution is 7.99. The first-order valence-corrected chi connectivity index (χ1v) is 7.82. The van der Waals surface area contributed by atoms with E-state index in [1.807, 2.05) is 24.3 Å². The van der Waals surface area contributed by atoms with Gasteiger partial charge in [0.15, 0.2) is 0 Å². The summed E-state index contributed by atoms with van der Waals surface area (Å²) < 4.78 is 0. The lowest BCUT2D eigenvalue weighted by molar-refractivity contribution is 0.102. The number of carbonyl (C=O) groups excluding carboxylic acids is 1. The number of thioether (sulfide) groups is 1. The van der Waals surface area contributed by atoms with Gasteiger partial charge in [0.25, 0.3) is 5.91 Å². The third kappa shape index (κ3) is 4.24. The highest BCUT2D eigenvalue weighted by Crippen LogP contribution is 2.28. The number of halogens is 2. The van der Waals surface area contributed by atoms with Crippen LogP contribution in [0.3, 0.4) is 0 Å². The third-order valence-corrected chi connectivity index (χ3v) is 4.10. The SMILES string of the molecule is C=CCSc1ccccc1NC(=O)c1nc(Cl)ccc1Cl. The number of pyridine rings is 1. The molecule has 0 aliphatic carbocycles. The molecule has 0 atom stereocenters. The van der Waals surface area contributed by atoms with Gasteiger partial charge in [-0.15, -0.1) is 18.3 Å². The van der Waals surface area contributed by atoms with Gasteiger partial charge in [0.2, 0.25) is 0 Å². The lowest BCUT2D eigenvalue weighted by atomic mass is 10.3. The molecule has 0 spiro atoms. The number of anilines is 1. The molecular formula is C15H12Cl2N2OS. The summed E-state index contributed by atoms with van der Waals surface area (Å²) in [5.41, 5.74) is 0.805. The first-order valence-electron chi connectivity index (χ1n) is 6.08. The van der Waals surface area contributed by atoms with Crippen molar-refractivity contribution in [3.8, 4) is 0 Å². The van der Waals surface area contributed by atoms with Crippen LogP contribution in [-0.2, 0) is 0 Å². The van der Waals surface area contributed by atoms with Crippen molar-refractivity contribution in [2.24, 2.45) is 0 Å². The molecule has 1 N–H and O–H groups in total. The molecule has 0 saturated carbocycles. The maximum absolute atomic E-state index is 12.3. The van der Waals surface area contributed by atoms with E-state index in [1.165, 1.54) is 6.07 Å². The molecule has 0 aliphatic rings. The molecule has 1 aromatic heterocycles. The Morgan fingerprint density at radius 3 is 2.81 bits per heavy atom. The van der Waals surface area contributed by atoms with E-state index in [2.05, 4.69) is 16.9 Å². The summed E-state index contributed by atoms with van der Waals surface area (Å²) in [6.45, 7) is 3.68. The maximum Gasteiger partial charge on any atom is 0.275 e. The van der Waals surface area contributed by atoms with Crippen molar-refractivity contribution in [3.05, 3.63) is 64.9 Å². The standard InChI is InChI=1S/C15H12Cl2N2OS/c1-2-9-21-12-6-4-3-5-11(12)18-15(20)14-10(16)7-8-13(17)19-14/h2-8H,1,9H2,(H,18,20). The molecule has 3 nitrogen and oxygen atoms in total. The molecule has 2 aromatic rings. The lowest BCUT2D eigenvalue weighted by Gasteiger charge is -2.10. The number of para-hydroxylation sites is 1. The predicted molar refractivity (Wildman–Crippen MR) is 89.6 cm³/mol. The smallest absolute Gasteiger partial charge is 0.275 e. The molecule has 6 heteroatoms. The average Bonchev–Trinajstić information content (AvgIpc) is 2.48. The number of amides is 1. The zero-order chi connectivity index (χ0) is 15.2. The normalized spacial score (nSPS) is 10.2. The topological polar surface area (TPSA) is 42.0 Å². The molecule has 0 fully saturated rings. The Balaban J connectivity index is 2.23. The van der Waals surface area contributed by atoms with Crippen LogP contribution in [0, 0.1) is 0 Å². The minimum Gasteiger partial charge on any atom is -0.320 e. The van der Waals surface area contributed by atoms with E-state index < -0.39 is 5.91 Å². The fourth-order valence-corrected chi connectivity index (χ4v) is 2.69. The van der Waals surface area contributed by atoms with E-state index in [4.69, 9.17) is 23.2 Å². The molecule has 0 radical (unpaired) electrons. The third-order valence-electron chi connectivity index (χ3n) is 2.52. The number of nitrogens with one attached hydrogen (secondary N) is 1. The van der Waals surface area contributed by atoms with Crippen LogP contribution in [0.25, 0.3) is 0 Å². The number of carbonyl (C=O) groups is 1. The molecule has 1 amide bonds. The number of nitrogens with zero attached hydrogens (tertiary/aromatic N) is 1. The molecule has 0 unspecified atom stereocenters. The van der Waals surface area contributed by atoms with Crippen molar-refractivity contribution in [3.63, 3.8) is 0 Å². The van der Waals surface area contributed by atoms with Crippen molar-refractivity contribution < 1.29 is 4.79 Å². The minimum absolute atomic E-state index is 0.104. The quantitative estimate of drug-likeness (QED) is 0.478. The summed E-state index contributed by atoms with van der Waals surface area (Å²) in [5.74, 6) is 0.359. The summed E-state index contributed by atoms with van der Waals surface area (Å²) in [7, 11) is 0. The number of hydrogen-bond acceptors (Lipinski definition) is 3. The van der Waals surface area contributed by atoms with Gasteiger partial charge < -0.3 is 5.32 Å². The summed E-state index contributed by atoms with van der Waals surface area (Å²) in [4.78, 5) is 17.2. The van der Waals surface area contributed by atoms with Gasteiger partial charge in [-0.2, -0.15) is 0 Å². The van der Waals surface area contributed by atoms with Crippen molar-refractivity contribution >= 4 is 46.6 Å². The first kappa shape index (κ1) is 15.9. The van der Waals surface area contributed by atoms with Crippen LogP contribution >= 0.6 is 35.0 Å². The second kappa shape index (κ2) is 7.50. The molecule has 0 bridgehead atoms. The van der Waals surface area contributed by atoms with E-state index in [-0.39, 0.29) is 15.9 Å². The van der Waals surface area contributed by atoms with Crippen LogP contribution in [0.15, 0.2) is 53.9 Å². The summed E-state index contributed by atoms with van der Waals surface area (Å²) in [6, 6.07) is 10.6. The maximum atomic E-state index is 12.3. The van der Waals surface area contributed by atoms with Gasteiger partial charge >= 0.3 is 0 Å². The van der Waals surface area contributed by atoms with Gasteiger partial charge in [-0.3, -0.25) is 4.79 Å². The second-order valence-electron chi connectivity index (χ2n) is 4.01. The zero-order valence-electron chi connectivity index (χ0n) is 11.0. The van der Waals surface area contributed by atoms with E-state index >= 15 is 0 Å². The van der Waals surface area contributed by atoms with Crippen molar-refractivity contribution in [2.45, 2.75) is 4.90 Å². The molecule has 2 rings (SSSR count). The summed E-state index contributed by atoms with van der Waals surface area (Å²) in [6.07, 6.45) is 1.80. The van der Waals surface area contributed by atoms with Crippen LogP contribution in [0.4, 0.5) is 5.69 Å². The highest BCUT2D eigenvalue weighted by Gasteiger charge is 2.14. The van der Waals surface area contributed by atoms with Crippen LogP contribution < -0.4 is 5.32 Å². The number of aromatic nitrogens is 1. The molecular weight excluding hydrogens is 327 g/mol. The van der Waals surface area contributed by atoms with Gasteiger partial charge in [0.05, 0.1) is 10.7 Å². The molecule has 1 heterocycles. The summed E-state index contributed by atoms with van der Waals surface area (Å²) in [5, 5.41) is 3.28. The van der Waals surface area contributed by atoms with E-state index in [0.29, 0.717) is 5.69 Å². The van der Waals surface area contributed by atoms with Crippen LogP contribution in [0.5, 0.6) is 0 Å². The number of benzene rings is 1. The Hall–Kier alpha value is -1.49. The Kier molecular flexibility index (Phi) is 5.67. The Bertz CT molecular complexity index is 676. The molecule has 21 heavy (non-hydrogen) atoms. The predicted octanol–water partition coefficient (Wildman–Crippen LogP) is 4.92. The second-order valence-corrected chi connectivity index (χ2v) is 5.87. The van der Waals surface area contributed by atoms with E-state index in [1.54, 1.807) is 23.9 Å². The van der Waals surface area contributed by atoms with Crippen molar-refractivity contribution in [1.82, 2.24) is 4.98 Å². The van der Waals surface area contributed by atoms with Crippen molar-refractivity contribution in [2.75, 3.05) is 11.1 Å². The van der Waals surface area contributed by atoms with Gasteiger partial charge in [-0.1, -0.05) is 41.4 Å². The van der Waals surface area contributed by atoms with Crippen molar-refractivity contribution in [1.29, 1.82) is 0 Å². The number of hydrogen-bond donors (Lipinski definition) is 1. The van der Waals surface area contributed by atoms with Crippen LogP contribution in [0.1, 0.15) is 10.5 Å². The summed E-state index contributed by atoms with van der Waals surface area (Å²) >= 11 is 13.4. The lowest BCUT2D eigenvalue weighted by Crippen LogP contribution is -2.15. The van der Waals surface area contributed by atoms with Gasteiger partial charge in [0.1, 0.15) is 10.8 Å². The molecule has 108 valence electrons. The Labute approximate surface area is 137 Å². The highest BCUT2D eigenvalue weighted by atomic mass is 35.5. The van der Waals surface area contributed by atoms with Gasteiger partial charge in [-0.05, 0) is 24.3 Å². The fourth-order valence-electron chi connectivity index (χ4n) is 1.60. The Morgan fingerprint density at radius 2 is 2.05 bits per heavy atom.